The molecular formula is C26H26FNO4. The molecule has 0 amide bonds. The Balaban J connectivity index is 1.57. The van der Waals surface area contributed by atoms with E-state index in [0.29, 0.717) is 22.8 Å². The summed E-state index contributed by atoms with van der Waals surface area (Å²) in [6, 6.07) is 9.42. The fourth-order valence-corrected chi connectivity index (χ4v) is 3.27. The number of hydrogen-bond donors (Lipinski definition) is 1. The van der Waals surface area contributed by atoms with Gasteiger partial charge in [-0.25, -0.2) is 4.39 Å². The van der Waals surface area contributed by atoms with Crippen molar-refractivity contribution >= 4 is 11.9 Å². The summed E-state index contributed by atoms with van der Waals surface area (Å²) in [5.41, 5.74) is 2.15. The van der Waals surface area contributed by atoms with Crippen LogP contribution in [0.1, 0.15) is 22.3 Å². The number of carbonyl (C=O) groups excluding carboxylic acids is 1. The minimum atomic E-state index is -0.430. The zero-order valence-electron chi connectivity index (χ0n) is 18.3. The van der Waals surface area contributed by atoms with Gasteiger partial charge in [-0.1, -0.05) is 36.4 Å². The Morgan fingerprint density at radius 1 is 1.09 bits per heavy atom. The van der Waals surface area contributed by atoms with Crippen LogP contribution in [-0.2, 0) is 0 Å². The highest BCUT2D eigenvalue weighted by Gasteiger charge is 2.12. The second-order valence-electron chi connectivity index (χ2n) is 7.09. The molecule has 0 spiro atoms. The summed E-state index contributed by atoms with van der Waals surface area (Å²) in [5, 5.41) is 3.08. The summed E-state index contributed by atoms with van der Waals surface area (Å²) in [7, 11) is 4.76. The molecule has 1 unspecified atom stereocenters. The van der Waals surface area contributed by atoms with Gasteiger partial charge in [0.25, 0.3) is 0 Å². The maximum atomic E-state index is 13.2. The number of hydrogen-bond acceptors (Lipinski definition) is 5. The number of halogens is 1. The van der Waals surface area contributed by atoms with Crippen LogP contribution in [0.2, 0.25) is 0 Å². The fraction of sp³-hybridized carbons (Fsp3) is 0.192. The Labute approximate surface area is 187 Å². The highest BCUT2D eigenvalue weighted by Crippen LogP contribution is 2.38. The van der Waals surface area contributed by atoms with Gasteiger partial charge < -0.3 is 19.5 Å². The lowest BCUT2D eigenvalue weighted by Crippen LogP contribution is -2.08. The minimum Gasteiger partial charge on any atom is -0.493 e. The summed E-state index contributed by atoms with van der Waals surface area (Å²) in [6.45, 7) is 0. The van der Waals surface area contributed by atoms with Crippen LogP contribution in [0.15, 0.2) is 78.7 Å². The molecule has 2 aromatic rings. The monoisotopic (exact) mass is 435 g/mol. The van der Waals surface area contributed by atoms with Gasteiger partial charge in [0, 0.05) is 23.5 Å². The number of nitrogens with one attached hydrogen (secondary N) is 1. The summed E-state index contributed by atoms with van der Waals surface area (Å²) < 4.78 is 29.4. The molecule has 2 aromatic carbocycles. The van der Waals surface area contributed by atoms with Crippen molar-refractivity contribution in [2.45, 2.75) is 6.42 Å². The molecule has 1 aliphatic carbocycles. The third-order valence-electron chi connectivity index (χ3n) is 4.95. The van der Waals surface area contributed by atoms with Crippen molar-refractivity contribution in [2.75, 3.05) is 21.3 Å². The van der Waals surface area contributed by atoms with Crippen molar-refractivity contribution in [1.29, 1.82) is 0 Å². The Bertz CT molecular complexity index is 1060. The normalized spacial score (nSPS) is 15.6. The van der Waals surface area contributed by atoms with Crippen molar-refractivity contribution in [3.8, 4) is 17.2 Å². The predicted molar refractivity (Wildman–Crippen MR) is 123 cm³/mol. The predicted octanol–water partition coefficient (Wildman–Crippen LogP) is 5.31. The highest BCUT2D eigenvalue weighted by atomic mass is 19.1. The molecule has 32 heavy (non-hydrogen) atoms. The molecule has 0 saturated carbocycles. The first kappa shape index (κ1) is 22.9. The maximum absolute atomic E-state index is 13.2. The van der Waals surface area contributed by atoms with E-state index >= 15 is 0 Å². The van der Waals surface area contributed by atoms with Crippen LogP contribution in [0.25, 0.3) is 6.08 Å². The zero-order chi connectivity index (χ0) is 22.9. The van der Waals surface area contributed by atoms with E-state index < -0.39 is 5.82 Å². The molecule has 0 bridgehead atoms. The van der Waals surface area contributed by atoms with E-state index in [2.05, 4.69) is 23.5 Å². The largest absolute Gasteiger partial charge is 0.493 e. The fourth-order valence-electron chi connectivity index (χ4n) is 3.27. The third-order valence-corrected chi connectivity index (χ3v) is 4.95. The topological polar surface area (TPSA) is 56.8 Å². The van der Waals surface area contributed by atoms with Crippen LogP contribution in [0.3, 0.4) is 0 Å². The molecular weight excluding hydrogens is 409 g/mol. The van der Waals surface area contributed by atoms with Gasteiger partial charge in [0.05, 0.1) is 21.3 Å². The molecule has 166 valence electrons. The third kappa shape index (κ3) is 5.88. The lowest BCUT2D eigenvalue weighted by atomic mass is 9.98. The van der Waals surface area contributed by atoms with E-state index in [1.165, 1.54) is 24.3 Å². The second-order valence-corrected chi connectivity index (χ2v) is 7.09. The van der Waals surface area contributed by atoms with Gasteiger partial charge in [0.1, 0.15) is 5.82 Å². The van der Waals surface area contributed by atoms with Gasteiger partial charge in [-0.15, -0.1) is 0 Å². The summed E-state index contributed by atoms with van der Waals surface area (Å²) in [5.74, 6) is 1.32. The minimum absolute atomic E-state index is 0.234. The average Bonchev–Trinajstić information content (AvgIpc) is 2.82. The molecule has 0 aliphatic heterocycles. The molecule has 0 fully saturated rings. The van der Waals surface area contributed by atoms with E-state index in [0.717, 1.165) is 17.7 Å². The molecule has 1 aliphatic rings. The van der Waals surface area contributed by atoms with Crippen LogP contribution in [0, 0.1) is 11.7 Å². The molecule has 3 rings (SSSR count). The van der Waals surface area contributed by atoms with E-state index in [1.54, 1.807) is 33.6 Å². The molecule has 0 aromatic heterocycles. The van der Waals surface area contributed by atoms with Crippen molar-refractivity contribution in [2.24, 2.45) is 5.92 Å². The zero-order valence-corrected chi connectivity index (χ0v) is 18.3. The first-order valence-corrected chi connectivity index (χ1v) is 10.1. The number of carbonyl (C=O) groups is 1. The summed E-state index contributed by atoms with van der Waals surface area (Å²) in [4.78, 5) is 12.1. The van der Waals surface area contributed by atoms with Gasteiger partial charge >= 0.3 is 0 Å². The van der Waals surface area contributed by atoms with Crippen molar-refractivity contribution in [3.63, 3.8) is 0 Å². The number of methoxy groups -OCH3 is 3. The van der Waals surface area contributed by atoms with Gasteiger partial charge in [0.15, 0.2) is 17.3 Å². The molecule has 1 atom stereocenters. The molecule has 0 saturated heterocycles. The quantitative estimate of drug-likeness (QED) is 0.427. The lowest BCUT2D eigenvalue weighted by molar-refractivity contribution is 0.104. The lowest BCUT2D eigenvalue weighted by Gasteiger charge is -2.14. The number of ketones is 1. The Morgan fingerprint density at radius 3 is 2.44 bits per heavy atom. The highest BCUT2D eigenvalue weighted by molar-refractivity contribution is 6.04. The van der Waals surface area contributed by atoms with Gasteiger partial charge in [-0.3, -0.25) is 4.79 Å². The maximum Gasteiger partial charge on any atom is 0.203 e. The number of ether oxygens (including phenoxy) is 3. The first-order valence-electron chi connectivity index (χ1n) is 10.1. The van der Waals surface area contributed by atoms with Crippen LogP contribution in [-0.4, -0.2) is 27.1 Å². The van der Waals surface area contributed by atoms with Crippen molar-refractivity contribution < 1.29 is 23.4 Å². The number of benzene rings is 2. The van der Waals surface area contributed by atoms with E-state index in [-0.39, 0.29) is 11.7 Å². The van der Waals surface area contributed by atoms with E-state index in [4.69, 9.17) is 14.2 Å². The van der Waals surface area contributed by atoms with E-state index in [1.807, 2.05) is 24.3 Å². The molecule has 0 heterocycles. The number of rotatable bonds is 9. The average molecular weight is 435 g/mol. The van der Waals surface area contributed by atoms with Crippen LogP contribution in [0.4, 0.5) is 4.39 Å². The standard InChI is InChI=1S/C26H26FNO4/c1-30-24-15-19(16-25(31-2)26(24)32-3)8-7-18-9-11-22(12-10-18)28-14-13-23(29)20-5-4-6-21(27)17-20/h4-9,11-18,28H,10H2,1-3H3/b8-7-,14-13-. The molecule has 0 radical (unpaired) electrons. The summed E-state index contributed by atoms with van der Waals surface area (Å²) in [6.07, 6.45) is 14.0. The Morgan fingerprint density at radius 2 is 1.84 bits per heavy atom. The Kier molecular flexibility index (Phi) is 7.86. The van der Waals surface area contributed by atoms with Crippen molar-refractivity contribution in [1.82, 2.24) is 5.32 Å². The second kappa shape index (κ2) is 11.0. The molecule has 1 N–H and O–H groups in total. The molecule has 5 nitrogen and oxygen atoms in total. The molecule has 6 heteroatoms. The van der Waals surface area contributed by atoms with E-state index in [9.17, 15) is 9.18 Å². The van der Waals surface area contributed by atoms with Gasteiger partial charge in [0.2, 0.25) is 5.75 Å². The van der Waals surface area contributed by atoms with Crippen LogP contribution >= 0.6 is 0 Å². The summed E-state index contributed by atoms with van der Waals surface area (Å²) >= 11 is 0. The SMILES string of the molecule is COc1cc(/C=C\C2C=CC(N/C=C\C(=O)c3cccc(F)c3)=CC2)cc(OC)c1OC. The smallest absolute Gasteiger partial charge is 0.203 e. The van der Waals surface area contributed by atoms with Crippen LogP contribution < -0.4 is 19.5 Å². The van der Waals surface area contributed by atoms with Gasteiger partial charge in [-0.2, -0.15) is 0 Å². The van der Waals surface area contributed by atoms with Crippen LogP contribution in [0.5, 0.6) is 17.2 Å². The number of allylic oxidation sites excluding steroid dienone is 5. The van der Waals surface area contributed by atoms with Crippen molar-refractivity contribution in [3.05, 3.63) is 95.6 Å². The van der Waals surface area contributed by atoms with Gasteiger partial charge in [-0.05, 0) is 48.2 Å². The first-order chi connectivity index (χ1) is 15.5. The Hall–Kier alpha value is -3.80.